The summed E-state index contributed by atoms with van der Waals surface area (Å²) in [5.74, 6) is 0. The van der Waals surface area contributed by atoms with Crippen molar-refractivity contribution in [3.63, 3.8) is 0 Å². The lowest BCUT2D eigenvalue weighted by molar-refractivity contribution is 0.519. The molecule has 0 N–H and O–H groups in total. The first kappa shape index (κ1) is 31.6. The van der Waals surface area contributed by atoms with Crippen molar-refractivity contribution < 1.29 is 0 Å². The molecule has 0 aliphatic heterocycles. The van der Waals surface area contributed by atoms with Crippen LogP contribution in [-0.2, 0) is 6.42 Å². The van der Waals surface area contributed by atoms with Crippen molar-refractivity contribution in [2.45, 2.75) is 155 Å². The smallest absolute Gasteiger partial charge is 0.0542 e. The maximum absolute atomic E-state index is 2.47. The van der Waals surface area contributed by atoms with Gasteiger partial charge in [0.1, 0.15) is 0 Å². The van der Waals surface area contributed by atoms with E-state index in [-0.39, 0.29) is 0 Å². The zero-order chi connectivity index (χ0) is 27.7. The Morgan fingerprint density at radius 3 is 1.38 bits per heavy atom. The Balaban J connectivity index is 0.929. The average Bonchev–Trinajstić information content (AvgIpc) is 3.51. The number of fused-ring (bicyclic) bond motifs is 5. The SMILES string of the molecule is CCCCCCCCCCCCCCCCCCCCCCCCc1ccc2c(c1)sc1c3ccccc3sc21. The van der Waals surface area contributed by atoms with Crippen LogP contribution in [0.25, 0.3) is 29.6 Å². The van der Waals surface area contributed by atoms with Gasteiger partial charge < -0.3 is 0 Å². The third-order valence-corrected chi connectivity index (χ3v) is 11.4. The van der Waals surface area contributed by atoms with Crippen LogP contribution in [0.2, 0.25) is 0 Å². The van der Waals surface area contributed by atoms with Crippen LogP contribution < -0.4 is 0 Å². The molecule has 4 rings (SSSR count). The molecule has 0 bridgehead atoms. The van der Waals surface area contributed by atoms with Crippen molar-refractivity contribution in [1.29, 1.82) is 0 Å². The maximum Gasteiger partial charge on any atom is 0.0542 e. The van der Waals surface area contributed by atoms with Crippen molar-refractivity contribution in [1.82, 2.24) is 0 Å². The average molecular weight is 577 g/mol. The van der Waals surface area contributed by atoms with Crippen LogP contribution in [-0.4, -0.2) is 0 Å². The molecule has 0 atom stereocenters. The van der Waals surface area contributed by atoms with Crippen LogP contribution in [0.15, 0.2) is 42.5 Å². The fourth-order valence-corrected chi connectivity index (χ4v) is 9.06. The van der Waals surface area contributed by atoms with Gasteiger partial charge in [-0.1, -0.05) is 172 Å². The second-order valence-corrected chi connectivity index (χ2v) is 14.5. The zero-order valence-corrected chi connectivity index (χ0v) is 27.3. The van der Waals surface area contributed by atoms with E-state index in [9.17, 15) is 0 Å². The lowest BCUT2D eigenvalue weighted by atomic mass is 10.0. The van der Waals surface area contributed by atoms with E-state index >= 15 is 0 Å². The number of hydrogen-bond donors (Lipinski definition) is 0. The van der Waals surface area contributed by atoms with Crippen molar-refractivity contribution in [3.8, 4) is 0 Å². The molecule has 0 saturated heterocycles. The van der Waals surface area contributed by atoms with Gasteiger partial charge in [-0.15, -0.1) is 22.7 Å². The van der Waals surface area contributed by atoms with E-state index in [1.807, 2.05) is 22.7 Å². The molecule has 0 nitrogen and oxygen atoms in total. The van der Waals surface area contributed by atoms with Crippen LogP contribution in [0.3, 0.4) is 0 Å². The fourth-order valence-electron chi connectivity index (χ4n) is 6.34. The molecule has 40 heavy (non-hydrogen) atoms. The number of aryl methyl sites for hydroxylation is 1. The van der Waals surface area contributed by atoms with Crippen LogP contribution in [0.5, 0.6) is 0 Å². The molecular formula is C38H56S2. The van der Waals surface area contributed by atoms with Gasteiger partial charge in [-0.05, 0) is 30.5 Å². The second-order valence-electron chi connectivity index (χ2n) is 12.4. The monoisotopic (exact) mass is 576 g/mol. The fraction of sp³-hybridized carbons (Fsp3) is 0.632. The number of thiophene rings is 2. The number of unbranched alkanes of at least 4 members (excludes halogenated alkanes) is 21. The first-order valence-corrected chi connectivity index (χ1v) is 18.8. The van der Waals surface area contributed by atoms with Gasteiger partial charge >= 0.3 is 0 Å². The molecule has 0 unspecified atom stereocenters. The summed E-state index contributed by atoms with van der Waals surface area (Å²) in [6.45, 7) is 2.31. The maximum atomic E-state index is 2.47. The first-order valence-electron chi connectivity index (χ1n) is 17.2. The second kappa shape index (κ2) is 18.9. The van der Waals surface area contributed by atoms with Gasteiger partial charge in [0.2, 0.25) is 0 Å². The summed E-state index contributed by atoms with van der Waals surface area (Å²) in [5.41, 5.74) is 1.53. The summed E-state index contributed by atoms with van der Waals surface area (Å²) in [6, 6.07) is 16.1. The van der Waals surface area contributed by atoms with Crippen molar-refractivity contribution in [3.05, 3.63) is 48.0 Å². The molecular weight excluding hydrogens is 521 g/mol. The Hall–Kier alpha value is -1.38. The molecule has 0 spiro atoms. The van der Waals surface area contributed by atoms with Gasteiger partial charge in [0.15, 0.2) is 0 Å². The lowest BCUT2D eigenvalue weighted by Crippen LogP contribution is -1.86. The van der Waals surface area contributed by atoms with Gasteiger partial charge in [0.05, 0.1) is 9.40 Å². The highest BCUT2D eigenvalue weighted by Gasteiger charge is 2.12. The lowest BCUT2D eigenvalue weighted by Gasteiger charge is -2.05. The first-order chi connectivity index (χ1) is 19.9. The molecule has 2 aromatic heterocycles. The van der Waals surface area contributed by atoms with Gasteiger partial charge in [-0.25, -0.2) is 0 Å². The molecule has 2 aromatic carbocycles. The Morgan fingerprint density at radius 2 is 0.850 bits per heavy atom. The molecule has 0 aliphatic carbocycles. The highest BCUT2D eigenvalue weighted by Crippen LogP contribution is 2.44. The van der Waals surface area contributed by atoms with E-state index in [1.165, 1.54) is 183 Å². The Kier molecular flexibility index (Phi) is 14.9. The van der Waals surface area contributed by atoms with Crippen molar-refractivity contribution >= 4 is 52.2 Å². The summed E-state index contributed by atoms with van der Waals surface area (Å²) >= 11 is 3.95. The van der Waals surface area contributed by atoms with E-state index in [2.05, 4.69) is 49.4 Å². The summed E-state index contributed by atoms with van der Waals surface area (Å²) in [6.07, 6.45) is 33.2. The molecule has 220 valence electrons. The molecule has 0 aliphatic rings. The minimum Gasteiger partial charge on any atom is -0.134 e. The molecule has 0 radical (unpaired) electrons. The van der Waals surface area contributed by atoms with Crippen molar-refractivity contribution in [2.75, 3.05) is 0 Å². The Labute approximate surface area is 254 Å². The van der Waals surface area contributed by atoms with Crippen LogP contribution >= 0.6 is 22.7 Å². The molecule has 4 aromatic rings. The van der Waals surface area contributed by atoms with Gasteiger partial charge in [-0.2, -0.15) is 0 Å². The van der Waals surface area contributed by atoms with E-state index in [0.717, 1.165) is 0 Å². The molecule has 2 heteroatoms. The predicted molar refractivity (Wildman–Crippen MR) is 186 cm³/mol. The third-order valence-electron chi connectivity index (χ3n) is 8.87. The summed E-state index contributed by atoms with van der Waals surface area (Å²) in [7, 11) is 0. The van der Waals surface area contributed by atoms with Crippen LogP contribution in [0.4, 0.5) is 0 Å². The van der Waals surface area contributed by atoms with Crippen LogP contribution in [0, 0.1) is 0 Å². The van der Waals surface area contributed by atoms with E-state index in [4.69, 9.17) is 0 Å². The van der Waals surface area contributed by atoms with Gasteiger partial charge in [-0.3, -0.25) is 0 Å². The molecule has 2 heterocycles. The van der Waals surface area contributed by atoms with Gasteiger partial charge in [0, 0.05) is 20.2 Å². The minimum atomic E-state index is 1.24. The molecule has 0 fully saturated rings. The van der Waals surface area contributed by atoms with E-state index < -0.39 is 0 Å². The Morgan fingerprint density at radius 1 is 0.425 bits per heavy atom. The van der Waals surface area contributed by atoms with Gasteiger partial charge in [0.25, 0.3) is 0 Å². The predicted octanol–water partition coefficient (Wildman–Crippen LogP) is 14.4. The van der Waals surface area contributed by atoms with E-state index in [0.29, 0.717) is 0 Å². The van der Waals surface area contributed by atoms with Crippen molar-refractivity contribution in [2.24, 2.45) is 0 Å². The highest BCUT2D eigenvalue weighted by molar-refractivity contribution is 7.36. The quantitative estimate of drug-likeness (QED) is 0.0770. The van der Waals surface area contributed by atoms with Crippen LogP contribution in [0.1, 0.15) is 154 Å². The third kappa shape index (κ3) is 10.5. The zero-order valence-electron chi connectivity index (χ0n) is 25.6. The summed E-state index contributed by atoms with van der Waals surface area (Å²) < 4.78 is 5.86. The number of rotatable bonds is 23. The molecule has 0 saturated carbocycles. The standard InChI is InChI=1S/C38H56S2/c1-2-3-4-5-6-7-8-9-10-11-12-13-14-15-16-17-18-19-20-21-22-23-26-32-29-30-34-36(31-32)40-37-33-27-24-25-28-35(33)39-38(34)37/h24-25,27-31H,2-23,26H2,1H3. The summed E-state index contributed by atoms with van der Waals surface area (Å²) in [5, 5.41) is 2.89. The number of benzene rings is 2. The molecule has 0 amide bonds. The van der Waals surface area contributed by atoms with E-state index in [1.54, 1.807) is 0 Å². The Bertz CT molecular complexity index is 1210. The minimum absolute atomic E-state index is 1.24. The number of hydrogen-bond acceptors (Lipinski definition) is 2. The largest absolute Gasteiger partial charge is 0.134 e. The normalized spacial score (nSPS) is 11.9. The topological polar surface area (TPSA) is 0 Å². The summed E-state index contributed by atoms with van der Waals surface area (Å²) in [4.78, 5) is 0. The highest BCUT2D eigenvalue weighted by atomic mass is 32.1.